The van der Waals surface area contributed by atoms with Crippen LogP contribution in [-0.2, 0) is 0 Å². The second-order valence-electron chi connectivity index (χ2n) is 3.97. The number of para-hydroxylation sites is 1. The predicted octanol–water partition coefficient (Wildman–Crippen LogP) is 4.60. The molecule has 1 aromatic carbocycles. The van der Waals surface area contributed by atoms with Crippen LogP contribution in [0.4, 0.5) is 0 Å². The van der Waals surface area contributed by atoms with E-state index in [0.29, 0.717) is 6.42 Å². The van der Waals surface area contributed by atoms with Crippen LogP contribution in [-0.4, -0.2) is 9.39 Å². The van der Waals surface area contributed by atoms with Crippen molar-refractivity contribution in [3.05, 3.63) is 30.3 Å². The SMILES string of the molecule is CC(C)(CC(Cl)(Cl)Cl)Oc1ccccc1. The Balaban J connectivity index is 2.65. The summed E-state index contributed by atoms with van der Waals surface area (Å²) in [5.41, 5.74) is -0.507. The summed E-state index contributed by atoms with van der Waals surface area (Å²) in [4.78, 5) is 0. The Kier molecular flexibility index (Phi) is 4.16. The van der Waals surface area contributed by atoms with E-state index < -0.39 is 9.39 Å². The van der Waals surface area contributed by atoms with Gasteiger partial charge in [-0.2, -0.15) is 0 Å². The smallest absolute Gasteiger partial charge is 0.194 e. The minimum atomic E-state index is -1.29. The van der Waals surface area contributed by atoms with Gasteiger partial charge in [-0.1, -0.05) is 53.0 Å². The lowest BCUT2D eigenvalue weighted by atomic mass is 10.1. The summed E-state index contributed by atoms with van der Waals surface area (Å²) in [5, 5.41) is 0. The maximum Gasteiger partial charge on any atom is 0.194 e. The summed E-state index contributed by atoms with van der Waals surface area (Å²) < 4.78 is 4.43. The van der Waals surface area contributed by atoms with Crippen molar-refractivity contribution in [2.24, 2.45) is 0 Å². The molecule has 0 radical (unpaired) electrons. The molecule has 0 amide bonds. The van der Waals surface area contributed by atoms with Crippen molar-refractivity contribution in [1.29, 1.82) is 0 Å². The van der Waals surface area contributed by atoms with E-state index in [0.717, 1.165) is 5.75 Å². The Labute approximate surface area is 105 Å². The fourth-order valence-corrected chi connectivity index (χ4v) is 2.29. The largest absolute Gasteiger partial charge is 0.488 e. The minimum Gasteiger partial charge on any atom is -0.488 e. The molecule has 0 fully saturated rings. The third-order valence-corrected chi connectivity index (χ3v) is 2.16. The van der Waals surface area contributed by atoms with Gasteiger partial charge >= 0.3 is 0 Å². The first-order valence-electron chi connectivity index (χ1n) is 4.59. The molecule has 0 aliphatic rings. The molecule has 1 rings (SSSR count). The molecule has 0 N–H and O–H groups in total. The Morgan fingerprint density at radius 3 is 2.07 bits per heavy atom. The summed E-state index contributed by atoms with van der Waals surface area (Å²) in [5.74, 6) is 0.775. The van der Waals surface area contributed by atoms with Crippen LogP contribution in [0.2, 0.25) is 0 Å². The standard InChI is InChI=1S/C11H13Cl3O/c1-10(2,8-11(12,13)14)15-9-6-4-3-5-7-9/h3-7H,8H2,1-2H3. The molecular formula is C11H13Cl3O. The average molecular weight is 268 g/mol. The van der Waals surface area contributed by atoms with E-state index in [-0.39, 0.29) is 0 Å². The van der Waals surface area contributed by atoms with E-state index in [1.54, 1.807) is 0 Å². The van der Waals surface area contributed by atoms with Gasteiger partial charge in [-0.15, -0.1) is 0 Å². The van der Waals surface area contributed by atoms with Crippen molar-refractivity contribution in [3.63, 3.8) is 0 Å². The maximum atomic E-state index is 5.73. The van der Waals surface area contributed by atoms with Gasteiger partial charge in [-0.3, -0.25) is 0 Å². The highest BCUT2D eigenvalue weighted by atomic mass is 35.6. The zero-order chi connectivity index (χ0) is 11.5. The summed E-state index contributed by atoms with van der Waals surface area (Å²) in [6, 6.07) is 9.48. The topological polar surface area (TPSA) is 9.23 Å². The van der Waals surface area contributed by atoms with Crippen molar-refractivity contribution in [1.82, 2.24) is 0 Å². The van der Waals surface area contributed by atoms with Crippen molar-refractivity contribution < 1.29 is 4.74 Å². The van der Waals surface area contributed by atoms with Gasteiger partial charge < -0.3 is 4.74 Å². The van der Waals surface area contributed by atoms with Gasteiger partial charge in [0.2, 0.25) is 0 Å². The molecule has 0 saturated heterocycles. The van der Waals surface area contributed by atoms with Crippen molar-refractivity contribution in [2.45, 2.75) is 29.7 Å². The quantitative estimate of drug-likeness (QED) is 0.727. The van der Waals surface area contributed by atoms with E-state index >= 15 is 0 Å². The van der Waals surface area contributed by atoms with E-state index in [9.17, 15) is 0 Å². The van der Waals surface area contributed by atoms with E-state index in [1.165, 1.54) is 0 Å². The lowest BCUT2D eigenvalue weighted by Crippen LogP contribution is -2.33. The summed E-state index contributed by atoms with van der Waals surface area (Å²) in [6.07, 6.45) is 0.333. The number of ether oxygens (including phenoxy) is 1. The second-order valence-corrected chi connectivity index (χ2v) is 6.48. The van der Waals surface area contributed by atoms with Gasteiger partial charge in [0.25, 0.3) is 0 Å². The van der Waals surface area contributed by atoms with Gasteiger partial charge in [-0.25, -0.2) is 0 Å². The first-order chi connectivity index (χ1) is 6.79. The third-order valence-electron chi connectivity index (χ3n) is 1.76. The van der Waals surface area contributed by atoms with Crippen molar-refractivity contribution in [3.8, 4) is 5.75 Å². The normalized spacial score (nSPS) is 12.6. The highest BCUT2D eigenvalue weighted by Crippen LogP contribution is 2.36. The Morgan fingerprint density at radius 1 is 1.07 bits per heavy atom. The van der Waals surface area contributed by atoms with Crippen molar-refractivity contribution >= 4 is 34.8 Å². The zero-order valence-electron chi connectivity index (χ0n) is 8.64. The van der Waals surface area contributed by atoms with E-state index in [2.05, 4.69) is 0 Å². The van der Waals surface area contributed by atoms with Crippen LogP contribution in [0.5, 0.6) is 5.75 Å². The molecule has 4 heteroatoms. The average Bonchev–Trinajstić information content (AvgIpc) is 1.99. The van der Waals surface area contributed by atoms with Crippen LogP contribution in [0, 0.1) is 0 Å². The highest BCUT2D eigenvalue weighted by Gasteiger charge is 2.32. The number of rotatable bonds is 3. The summed E-state index contributed by atoms with van der Waals surface area (Å²) >= 11 is 17.2. The van der Waals surface area contributed by atoms with Gasteiger partial charge in [-0.05, 0) is 26.0 Å². The van der Waals surface area contributed by atoms with Crippen LogP contribution in [0.1, 0.15) is 20.3 Å². The van der Waals surface area contributed by atoms with Crippen LogP contribution in [0.15, 0.2) is 30.3 Å². The zero-order valence-corrected chi connectivity index (χ0v) is 10.9. The van der Waals surface area contributed by atoms with Gasteiger partial charge in [0.1, 0.15) is 11.4 Å². The van der Waals surface area contributed by atoms with Crippen LogP contribution in [0.3, 0.4) is 0 Å². The monoisotopic (exact) mass is 266 g/mol. The molecule has 0 saturated carbocycles. The Morgan fingerprint density at radius 2 is 1.60 bits per heavy atom. The molecular weight excluding hydrogens is 254 g/mol. The van der Waals surface area contributed by atoms with Crippen molar-refractivity contribution in [2.75, 3.05) is 0 Å². The molecule has 1 nitrogen and oxygen atoms in total. The summed E-state index contributed by atoms with van der Waals surface area (Å²) in [7, 11) is 0. The first kappa shape index (κ1) is 13.0. The fourth-order valence-electron chi connectivity index (χ4n) is 1.33. The molecule has 1 aromatic rings. The molecule has 0 aliphatic heterocycles. The lowest BCUT2D eigenvalue weighted by molar-refractivity contribution is 0.101. The molecule has 0 atom stereocenters. The van der Waals surface area contributed by atoms with Gasteiger partial charge in [0, 0.05) is 6.42 Å². The molecule has 84 valence electrons. The molecule has 0 bridgehead atoms. The van der Waals surface area contributed by atoms with Gasteiger partial charge in [0.05, 0.1) is 0 Å². The molecule has 0 heterocycles. The number of benzene rings is 1. The Bertz CT molecular complexity index is 303. The predicted molar refractivity (Wildman–Crippen MR) is 66.1 cm³/mol. The van der Waals surface area contributed by atoms with Gasteiger partial charge in [0.15, 0.2) is 3.79 Å². The van der Waals surface area contributed by atoms with E-state index in [1.807, 2.05) is 44.2 Å². The molecule has 0 spiro atoms. The minimum absolute atomic E-state index is 0.333. The first-order valence-corrected chi connectivity index (χ1v) is 5.73. The molecule has 0 unspecified atom stereocenters. The van der Waals surface area contributed by atoms with Crippen LogP contribution in [0.25, 0.3) is 0 Å². The molecule has 0 aromatic heterocycles. The summed E-state index contributed by atoms with van der Waals surface area (Å²) in [6.45, 7) is 3.78. The maximum absolute atomic E-state index is 5.73. The lowest BCUT2D eigenvalue weighted by Gasteiger charge is -2.29. The number of hydrogen-bond acceptors (Lipinski definition) is 1. The number of alkyl halides is 3. The molecule has 15 heavy (non-hydrogen) atoms. The molecule has 0 aliphatic carbocycles. The van der Waals surface area contributed by atoms with Crippen LogP contribution < -0.4 is 4.74 Å². The Hall–Kier alpha value is -0.110. The second kappa shape index (κ2) is 4.82. The third kappa shape index (κ3) is 5.50. The van der Waals surface area contributed by atoms with E-state index in [4.69, 9.17) is 39.5 Å². The van der Waals surface area contributed by atoms with Crippen LogP contribution >= 0.6 is 34.8 Å². The highest BCUT2D eigenvalue weighted by molar-refractivity contribution is 6.67. The number of halogens is 3. The number of hydrogen-bond donors (Lipinski definition) is 0. The fraction of sp³-hybridized carbons (Fsp3) is 0.455.